The lowest BCUT2D eigenvalue weighted by Crippen LogP contribution is -2.31. The van der Waals surface area contributed by atoms with Crippen molar-refractivity contribution in [2.45, 2.75) is 37.9 Å². The predicted molar refractivity (Wildman–Crippen MR) is 118 cm³/mol. The first-order valence-electron chi connectivity index (χ1n) is 9.87. The molecule has 0 aliphatic heterocycles. The zero-order valence-electron chi connectivity index (χ0n) is 17.1. The number of fused-ring (bicyclic) bond motifs is 1. The highest BCUT2D eigenvalue weighted by Crippen LogP contribution is 2.38. The number of nitrogens with one attached hydrogen (secondary N) is 2. The van der Waals surface area contributed by atoms with Crippen LogP contribution in [-0.4, -0.2) is 39.2 Å². The summed E-state index contributed by atoms with van der Waals surface area (Å²) in [5.41, 5.74) is 1.74. The van der Waals surface area contributed by atoms with E-state index in [0.717, 1.165) is 36.8 Å². The molecule has 1 aliphatic rings. The molecular weight excluding hydrogens is 440 g/mol. The van der Waals surface area contributed by atoms with Crippen molar-refractivity contribution in [3.63, 3.8) is 0 Å². The molecule has 3 rings (SSSR count). The van der Waals surface area contributed by atoms with E-state index in [1.54, 1.807) is 30.3 Å². The van der Waals surface area contributed by atoms with E-state index >= 15 is 0 Å². The van der Waals surface area contributed by atoms with Gasteiger partial charge >= 0.3 is 6.09 Å². The van der Waals surface area contributed by atoms with Crippen molar-refractivity contribution < 1.29 is 27.5 Å². The fourth-order valence-corrected chi connectivity index (χ4v) is 6.08. The van der Waals surface area contributed by atoms with Gasteiger partial charge in [-0.05, 0) is 36.8 Å². The van der Waals surface area contributed by atoms with E-state index in [1.807, 2.05) is 0 Å². The lowest BCUT2D eigenvalue weighted by Gasteiger charge is -2.12. The van der Waals surface area contributed by atoms with Gasteiger partial charge in [0.1, 0.15) is 5.00 Å². The Bertz CT molecular complexity index is 1080. The third kappa shape index (κ3) is 6.14. The first-order chi connectivity index (χ1) is 14.8. The van der Waals surface area contributed by atoms with Crippen LogP contribution in [0.15, 0.2) is 30.3 Å². The first-order valence-corrected chi connectivity index (χ1v) is 12.5. The summed E-state index contributed by atoms with van der Waals surface area (Å²) in [5, 5.41) is 5.15. The number of methoxy groups -OCH3 is 1. The molecule has 166 valence electrons. The molecular formula is C21H24N2O6S2. The van der Waals surface area contributed by atoms with E-state index < -0.39 is 27.7 Å². The Kier molecular flexibility index (Phi) is 7.45. The SMILES string of the molecule is COC(=O)NC(=O)c1c(NC(=O)CCS(=O)(=O)Cc2ccccc2)sc2c1CCCC2. The molecule has 3 amide bonds. The fraction of sp³-hybridized carbons (Fsp3) is 0.381. The number of hydrogen-bond acceptors (Lipinski definition) is 7. The molecule has 1 heterocycles. The largest absolute Gasteiger partial charge is 0.453 e. The number of imide groups is 1. The Labute approximate surface area is 184 Å². The Morgan fingerprint density at radius 2 is 1.81 bits per heavy atom. The summed E-state index contributed by atoms with van der Waals surface area (Å²) in [6.07, 6.45) is 2.25. The number of anilines is 1. The van der Waals surface area contributed by atoms with Gasteiger partial charge in [0.2, 0.25) is 5.91 Å². The predicted octanol–water partition coefficient (Wildman–Crippen LogP) is 3.07. The number of benzene rings is 1. The minimum Gasteiger partial charge on any atom is -0.453 e. The number of aryl methyl sites for hydroxylation is 1. The summed E-state index contributed by atoms with van der Waals surface area (Å²) in [5.74, 6) is -1.58. The van der Waals surface area contributed by atoms with E-state index in [4.69, 9.17) is 0 Å². The number of carbonyl (C=O) groups is 3. The summed E-state index contributed by atoms with van der Waals surface area (Å²) in [4.78, 5) is 37.6. The van der Waals surface area contributed by atoms with Crippen LogP contribution in [-0.2, 0) is 38.0 Å². The summed E-state index contributed by atoms with van der Waals surface area (Å²) >= 11 is 1.29. The Balaban J connectivity index is 1.70. The molecule has 0 unspecified atom stereocenters. The highest BCUT2D eigenvalue weighted by atomic mass is 32.2. The molecule has 1 aromatic heterocycles. The number of amides is 3. The van der Waals surface area contributed by atoms with Crippen LogP contribution in [0.2, 0.25) is 0 Å². The highest BCUT2D eigenvalue weighted by molar-refractivity contribution is 7.90. The third-order valence-corrected chi connectivity index (χ3v) is 7.73. The molecule has 0 saturated heterocycles. The zero-order chi connectivity index (χ0) is 22.4. The van der Waals surface area contributed by atoms with Crippen molar-refractivity contribution in [2.75, 3.05) is 18.2 Å². The van der Waals surface area contributed by atoms with Crippen LogP contribution in [0.5, 0.6) is 0 Å². The van der Waals surface area contributed by atoms with E-state index in [2.05, 4.69) is 15.4 Å². The van der Waals surface area contributed by atoms with Crippen LogP contribution < -0.4 is 10.6 Å². The average Bonchev–Trinajstić information content (AvgIpc) is 3.10. The molecule has 0 fully saturated rings. The molecule has 1 aliphatic carbocycles. The van der Waals surface area contributed by atoms with E-state index in [0.29, 0.717) is 17.0 Å². The average molecular weight is 465 g/mol. The summed E-state index contributed by atoms with van der Waals surface area (Å²) in [7, 11) is -2.31. The molecule has 10 heteroatoms. The number of rotatable bonds is 7. The smallest absolute Gasteiger partial charge is 0.413 e. The maximum Gasteiger partial charge on any atom is 0.413 e. The van der Waals surface area contributed by atoms with E-state index in [9.17, 15) is 22.8 Å². The highest BCUT2D eigenvalue weighted by Gasteiger charge is 2.27. The van der Waals surface area contributed by atoms with Crippen molar-refractivity contribution in [2.24, 2.45) is 0 Å². The van der Waals surface area contributed by atoms with Crippen molar-refractivity contribution in [3.8, 4) is 0 Å². The van der Waals surface area contributed by atoms with E-state index in [1.165, 1.54) is 11.3 Å². The van der Waals surface area contributed by atoms with Gasteiger partial charge in [-0.25, -0.2) is 13.2 Å². The number of alkyl carbamates (subject to hydrolysis) is 1. The second-order valence-corrected chi connectivity index (χ2v) is 10.5. The quantitative estimate of drug-likeness (QED) is 0.650. The van der Waals surface area contributed by atoms with Gasteiger partial charge in [0.15, 0.2) is 9.84 Å². The van der Waals surface area contributed by atoms with Gasteiger partial charge in [-0.15, -0.1) is 11.3 Å². The summed E-state index contributed by atoms with van der Waals surface area (Å²) < 4.78 is 29.2. The molecule has 8 nitrogen and oxygen atoms in total. The van der Waals surface area contributed by atoms with Gasteiger partial charge in [0.05, 0.1) is 24.2 Å². The molecule has 2 N–H and O–H groups in total. The van der Waals surface area contributed by atoms with Gasteiger partial charge in [0, 0.05) is 11.3 Å². The number of hydrogen-bond donors (Lipinski definition) is 2. The van der Waals surface area contributed by atoms with E-state index in [-0.39, 0.29) is 23.5 Å². The third-order valence-electron chi connectivity index (χ3n) is 4.92. The van der Waals surface area contributed by atoms with Crippen LogP contribution in [0.1, 0.15) is 45.6 Å². The van der Waals surface area contributed by atoms with Gasteiger partial charge in [-0.2, -0.15) is 0 Å². The lowest BCUT2D eigenvalue weighted by molar-refractivity contribution is -0.115. The normalized spacial score (nSPS) is 13.2. The minimum absolute atomic E-state index is 0.138. The Hall–Kier alpha value is -2.72. The molecule has 0 spiro atoms. The lowest BCUT2D eigenvalue weighted by atomic mass is 9.95. The maximum atomic E-state index is 12.6. The zero-order valence-corrected chi connectivity index (χ0v) is 18.7. The van der Waals surface area contributed by atoms with Gasteiger partial charge in [0.25, 0.3) is 5.91 Å². The molecule has 1 aromatic carbocycles. The molecule has 0 bridgehead atoms. The van der Waals surface area contributed by atoms with Gasteiger partial charge in [-0.1, -0.05) is 30.3 Å². The van der Waals surface area contributed by atoms with Crippen molar-refractivity contribution in [3.05, 3.63) is 51.9 Å². The molecule has 31 heavy (non-hydrogen) atoms. The molecule has 2 aromatic rings. The van der Waals surface area contributed by atoms with Crippen molar-refractivity contribution >= 4 is 44.1 Å². The van der Waals surface area contributed by atoms with Gasteiger partial charge < -0.3 is 10.1 Å². The van der Waals surface area contributed by atoms with Crippen LogP contribution in [0.25, 0.3) is 0 Å². The number of thiophene rings is 1. The standard InChI is InChI=1S/C21H24N2O6S2/c1-29-21(26)23-19(25)18-15-9-5-6-10-16(15)30-20(18)22-17(24)11-12-31(27,28)13-14-7-3-2-4-8-14/h2-4,7-8H,5-6,9-13H2,1H3,(H,22,24)(H,23,25,26). The first kappa shape index (κ1) is 23.0. The van der Waals surface area contributed by atoms with Crippen LogP contribution in [0, 0.1) is 0 Å². The fourth-order valence-electron chi connectivity index (χ4n) is 3.44. The number of carbonyl (C=O) groups excluding carboxylic acids is 3. The maximum absolute atomic E-state index is 12.6. The summed E-state index contributed by atoms with van der Waals surface area (Å²) in [6, 6.07) is 8.77. The second-order valence-electron chi connectivity index (χ2n) is 7.24. The number of sulfone groups is 1. The van der Waals surface area contributed by atoms with Crippen LogP contribution in [0.4, 0.5) is 9.80 Å². The Morgan fingerprint density at radius 3 is 2.52 bits per heavy atom. The molecule has 0 atom stereocenters. The monoisotopic (exact) mass is 464 g/mol. The Morgan fingerprint density at radius 1 is 1.10 bits per heavy atom. The molecule has 0 radical (unpaired) electrons. The van der Waals surface area contributed by atoms with Crippen molar-refractivity contribution in [1.82, 2.24) is 5.32 Å². The summed E-state index contributed by atoms with van der Waals surface area (Å²) in [6.45, 7) is 0. The minimum atomic E-state index is -3.47. The number of ether oxygens (including phenoxy) is 1. The van der Waals surface area contributed by atoms with Gasteiger partial charge in [-0.3, -0.25) is 14.9 Å². The van der Waals surface area contributed by atoms with Crippen LogP contribution >= 0.6 is 11.3 Å². The van der Waals surface area contributed by atoms with Crippen molar-refractivity contribution in [1.29, 1.82) is 0 Å². The topological polar surface area (TPSA) is 119 Å². The second kappa shape index (κ2) is 10.1. The molecule has 0 saturated carbocycles. The van der Waals surface area contributed by atoms with Crippen LogP contribution in [0.3, 0.4) is 0 Å².